The number of esters is 2. The number of hydrogen-bond donors (Lipinski definition) is 3. The molecule has 0 rings (SSSR count). The summed E-state index contributed by atoms with van der Waals surface area (Å²) in [4.78, 5) is 46.8. The Labute approximate surface area is 346 Å². The number of aliphatic hydroxyl groups excluding tert-OH is 2. The number of carbonyl (C=O) groups excluding carboxylic acids is 3. The number of rotatable bonds is 42. The predicted octanol–water partition coefficient (Wildman–Crippen LogP) is 11.2. The van der Waals surface area contributed by atoms with Gasteiger partial charge >= 0.3 is 19.8 Å². The number of phosphoric acid groups is 1. The highest BCUT2D eigenvalue weighted by Gasteiger charge is 2.27. The molecule has 0 fully saturated rings. The molecule has 1 unspecified atom stereocenters. The average Bonchev–Trinajstić information content (AvgIpc) is 3.18. The van der Waals surface area contributed by atoms with E-state index >= 15 is 0 Å². The predicted molar refractivity (Wildman–Crippen MR) is 229 cm³/mol. The number of unbranched alkanes of at least 4 members (excludes halogenated alkanes) is 21. The van der Waals surface area contributed by atoms with Crippen LogP contribution in [0.1, 0.15) is 201 Å². The van der Waals surface area contributed by atoms with Crippen molar-refractivity contribution in [3.63, 3.8) is 0 Å². The van der Waals surface area contributed by atoms with Crippen LogP contribution >= 0.6 is 7.82 Å². The monoisotopic (exact) mass is 831 g/mol. The molecular formula is C45H83O11P. The largest absolute Gasteiger partial charge is 0.472 e. The van der Waals surface area contributed by atoms with Crippen LogP contribution in [0.5, 0.6) is 0 Å². The van der Waals surface area contributed by atoms with Crippen molar-refractivity contribution in [1.82, 2.24) is 0 Å². The molecule has 57 heavy (non-hydrogen) atoms. The summed E-state index contributed by atoms with van der Waals surface area (Å²) in [6.45, 7) is 4.53. The molecule has 0 aliphatic heterocycles. The molecule has 0 bridgehead atoms. The molecule has 0 aromatic rings. The summed E-state index contributed by atoms with van der Waals surface area (Å²) < 4.78 is 32.7. The summed E-state index contributed by atoms with van der Waals surface area (Å²) in [6.07, 6.45) is 34.1. The maximum atomic E-state index is 12.6. The van der Waals surface area contributed by atoms with Crippen molar-refractivity contribution in [3.8, 4) is 0 Å². The molecular weight excluding hydrogens is 747 g/mol. The van der Waals surface area contributed by atoms with Crippen LogP contribution in [0, 0.1) is 5.92 Å². The molecule has 0 spiro atoms. The second-order valence-corrected chi connectivity index (χ2v) is 17.4. The summed E-state index contributed by atoms with van der Waals surface area (Å²) in [7, 11) is -4.64. The van der Waals surface area contributed by atoms with E-state index in [1.165, 1.54) is 77.0 Å². The molecule has 0 aliphatic rings. The first kappa shape index (κ1) is 55.1. The van der Waals surface area contributed by atoms with E-state index in [0.29, 0.717) is 19.3 Å². The number of allylic oxidation sites excluding steroid dienone is 4. The molecule has 11 nitrogen and oxygen atoms in total. The summed E-state index contributed by atoms with van der Waals surface area (Å²) in [5, 5.41) is 18.3. The molecule has 3 atom stereocenters. The lowest BCUT2D eigenvalue weighted by molar-refractivity contribution is -0.161. The van der Waals surface area contributed by atoms with Crippen LogP contribution in [0.2, 0.25) is 0 Å². The SMILES string of the molecule is CCCCCC(=O)/C=C/C=C\CCCCCCCC(=O)O[C@H](COC(=O)CCCCCCCCCCCCCCCCCC(C)C)COP(=O)(O)OC[C@@H](O)CO. The zero-order chi connectivity index (χ0) is 42.2. The summed E-state index contributed by atoms with van der Waals surface area (Å²) in [5.74, 6) is 0.00860. The Hall–Kier alpha value is -1.88. The van der Waals surface area contributed by atoms with E-state index in [0.717, 1.165) is 76.5 Å². The molecule has 0 aromatic carbocycles. The minimum atomic E-state index is -4.64. The Balaban J connectivity index is 4.30. The van der Waals surface area contributed by atoms with Crippen molar-refractivity contribution < 1.29 is 52.6 Å². The Morgan fingerprint density at radius 3 is 1.65 bits per heavy atom. The van der Waals surface area contributed by atoms with Gasteiger partial charge in [-0.1, -0.05) is 167 Å². The number of phosphoric ester groups is 1. The van der Waals surface area contributed by atoms with E-state index < -0.39 is 51.8 Å². The van der Waals surface area contributed by atoms with Gasteiger partial charge in [0.2, 0.25) is 0 Å². The quantitative estimate of drug-likeness (QED) is 0.0176. The van der Waals surface area contributed by atoms with Gasteiger partial charge in [0, 0.05) is 19.3 Å². The molecule has 334 valence electrons. The Morgan fingerprint density at radius 2 is 1.11 bits per heavy atom. The topological polar surface area (TPSA) is 166 Å². The lowest BCUT2D eigenvalue weighted by atomic mass is 10.0. The zero-order valence-corrected chi connectivity index (χ0v) is 37.1. The van der Waals surface area contributed by atoms with Crippen molar-refractivity contribution in [3.05, 3.63) is 24.3 Å². The van der Waals surface area contributed by atoms with Gasteiger partial charge in [0.15, 0.2) is 11.9 Å². The molecule has 3 N–H and O–H groups in total. The Morgan fingerprint density at radius 1 is 0.614 bits per heavy atom. The second-order valence-electron chi connectivity index (χ2n) is 15.9. The Kier molecular flexibility index (Phi) is 38.3. The molecule has 0 amide bonds. The minimum absolute atomic E-state index is 0.135. The van der Waals surface area contributed by atoms with Crippen LogP contribution in [0.3, 0.4) is 0 Å². The zero-order valence-electron chi connectivity index (χ0n) is 36.2. The van der Waals surface area contributed by atoms with Gasteiger partial charge < -0.3 is 24.6 Å². The molecule has 0 saturated carbocycles. The highest BCUT2D eigenvalue weighted by molar-refractivity contribution is 7.47. The fourth-order valence-corrected chi connectivity index (χ4v) is 7.01. The van der Waals surface area contributed by atoms with Crippen molar-refractivity contribution >= 4 is 25.5 Å². The van der Waals surface area contributed by atoms with E-state index in [9.17, 15) is 28.9 Å². The number of ketones is 1. The molecule has 0 aromatic heterocycles. The second kappa shape index (κ2) is 39.6. The summed E-state index contributed by atoms with van der Waals surface area (Å²) in [6, 6.07) is 0. The smallest absolute Gasteiger partial charge is 0.462 e. The van der Waals surface area contributed by atoms with Crippen molar-refractivity contribution in [2.24, 2.45) is 5.92 Å². The number of ether oxygens (including phenoxy) is 2. The van der Waals surface area contributed by atoms with Gasteiger partial charge in [0.05, 0.1) is 19.8 Å². The van der Waals surface area contributed by atoms with Gasteiger partial charge in [0.1, 0.15) is 12.7 Å². The fourth-order valence-electron chi connectivity index (χ4n) is 6.22. The van der Waals surface area contributed by atoms with Gasteiger partial charge in [-0.3, -0.25) is 23.4 Å². The van der Waals surface area contributed by atoms with Gasteiger partial charge in [-0.2, -0.15) is 0 Å². The van der Waals surface area contributed by atoms with E-state index in [1.807, 2.05) is 6.08 Å². The molecule has 0 heterocycles. The van der Waals surface area contributed by atoms with Crippen molar-refractivity contribution in [2.45, 2.75) is 213 Å². The van der Waals surface area contributed by atoms with Crippen LogP contribution in [0.25, 0.3) is 0 Å². The van der Waals surface area contributed by atoms with Gasteiger partial charge in [-0.25, -0.2) is 4.57 Å². The maximum absolute atomic E-state index is 12.6. The van der Waals surface area contributed by atoms with Crippen LogP contribution in [-0.2, 0) is 37.5 Å². The first-order chi connectivity index (χ1) is 27.5. The lowest BCUT2D eigenvalue weighted by Gasteiger charge is -2.20. The van der Waals surface area contributed by atoms with Gasteiger partial charge in [-0.15, -0.1) is 0 Å². The van der Waals surface area contributed by atoms with Crippen LogP contribution in [-0.4, -0.2) is 71.5 Å². The third kappa shape index (κ3) is 40.7. The fraction of sp³-hybridized carbons (Fsp3) is 0.844. The highest BCUT2D eigenvalue weighted by atomic mass is 31.2. The van der Waals surface area contributed by atoms with E-state index in [-0.39, 0.29) is 25.2 Å². The summed E-state index contributed by atoms with van der Waals surface area (Å²) in [5.41, 5.74) is 0. The van der Waals surface area contributed by atoms with E-state index in [4.69, 9.17) is 19.1 Å². The molecule has 12 heteroatoms. The van der Waals surface area contributed by atoms with E-state index in [2.05, 4.69) is 31.4 Å². The third-order valence-corrected chi connectivity index (χ3v) is 10.7. The van der Waals surface area contributed by atoms with Crippen LogP contribution < -0.4 is 0 Å². The van der Waals surface area contributed by atoms with Crippen LogP contribution in [0.4, 0.5) is 0 Å². The molecule has 0 radical (unpaired) electrons. The number of carbonyl (C=O) groups is 3. The van der Waals surface area contributed by atoms with Crippen molar-refractivity contribution in [1.29, 1.82) is 0 Å². The molecule has 0 aliphatic carbocycles. The average molecular weight is 831 g/mol. The minimum Gasteiger partial charge on any atom is -0.462 e. The van der Waals surface area contributed by atoms with Crippen LogP contribution in [0.15, 0.2) is 24.3 Å². The van der Waals surface area contributed by atoms with E-state index in [1.54, 1.807) is 12.2 Å². The summed E-state index contributed by atoms with van der Waals surface area (Å²) >= 11 is 0. The first-order valence-corrected chi connectivity index (χ1v) is 24.1. The van der Waals surface area contributed by atoms with Gasteiger partial charge in [-0.05, 0) is 44.1 Å². The lowest BCUT2D eigenvalue weighted by Crippen LogP contribution is -2.29. The maximum Gasteiger partial charge on any atom is 0.472 e. The van der Waals surface area contributed by atoms with Gasteiger partial charge in [0.25, 0.3) is 0 Å². The molecule has 0 saturated heterocycles. The first-order valence-electron chi connectivity index (χ1n) is 22.6. The Bertz CT molecular complexity index is 1080. The standard InChI is InChI=1S/C45H83O11P/c1-4-5-26-32-41(47)33-28-23-19-15-13-17-21-25-30-35-45(50)56-43(39-55-57(51,52)54-37-42(48)36-46)38-53-44(49)34-29-24-20-16-12-10-8-6-7-9-11-14-18-22-27-31-40(2)3/h19,23,28,33,40,42-43,46,48H,4-18,20-22,24-27,29-32,34-39H2,1-3H3,(H,51,52)/b23-19-,33-28+/t42-,43+/m0/s1. The normalized spacial score (nSPS) is 14.0. The third-order valence-electron chi connectivity index (χ3n) is 9.76. The number of aliphatic hydroxyl groups is 2. The van der Waals surface area contributed by atoms with Crippen molar-refractivity contribution in [2.75, 3.05) is 26.4 Å². The highest BCUT2D eigenvalue weighted by Crippen LogP contribution is 2.43. The number of hydrogen-bond acceptors (Lipinski definition) is 10.